The summed E-state index contributed by atoms with van der Waals surface area (Å²) < 4.78 is 41.7. The standard InChI is InChI=1S/C65H105ClF3N11O11/c1-12-40(4)56-62(90)76(8)37-54(83)74(6)38-55(84)78(10)51(35-42-19-14-13-15-20-42)61(89)75(7)36-52(81)71-47(27-25-43-24-26-45(46(66)33-43)65(67,68)69)60(88)80-30-18-21-48(80)59(87)73-64(28-16-17-29-64)63(91)79(11)50(34-44-22-23-44)57(85)70-41(5)32-53(82)77(9)49(31-39(2)3)58(86)72-56/h39-51,56H,12-38H2,1-11H3,(H,70,85)(H,71,81)(H,72,86)(H,73,87)/t40-,41+,43?,45?,46?,47-,48-,49-,50-,51-,56-/m0/s1. The van der Waals surface area contributed by atoms with E-state index in [0.717, 1.165) is 49.8 Å². The van der Waals surface area contributed by atoms with Crippen LogP contribution in [0, 0.1) is 35.5 Å². The summed E-state index contributed by atoms with van der Waals surface area (Å²) in [5.41, 5.74) is -1.45. The van der Waals surface area contributed by atoms with Crippen molar-refractivity contribution in [2.24, 2.45) is 35.5 Å². The predicted molar refractivity (Wildman–Crippen MR) is 336 cm³/mol. The lowest BCUT2D eigenvalue weighted by molar-refractivity contribution is -0.182. The molecule has 4 aliphatic carbocycles. The highest BCUT2D eigenvalue weighted by molar-refractivity contribution is 6.20. The summed E-state index contributed by atoms with van der Waals surface area (Å²) >= 11 is 6.37. The van der Waals surface area contributed by atoms with Gasteiger partial charge in [-0.15, -0.1) is 11.6 Å². The number of hydrogen-bond acceptors (Lipinski definition) is 11. The summed E-state index contributed by atoms with van der Waals surface area (Å²) in [6.07, 6.45) is 5.05. The topological polar surface area (TPSA) is 259 Å². The number of rotatable bonds is 11. The molecule has 3 unspecified atom stereocenters. The van der Waals surface area contributed by atoms with Crippen molar-refractivity contribution in [3.63, 3.8) is 0 Å². The number of amides is 11. The molecule has 6 fully saturated rings. The van der Waals surface area contributed by atoms with Crippen molar-refractivity contribution >= 4 is 76.6 Å². The van der Waals surface area contributed by atoms with E-state index in [1.165, 1.54) is 71.7 Å². The van der Waals surface area contributed by atoms with E-state index in [2.05, 4.69) is 21.3 Å². The Balaban J connectivity index is 1.34. The second-order valence-electron chi connectivity index (χ2n) is 28.2. The molecule has 0 bridgehead atoms. The quantitative estimate of drug-likeness (QED) is 0.191. The Labute approximate surface area is 541 Å². The second-order valence-corrected chi connectivity index (χ2v) is 28.7. The van der Waals surface area contributed by atoms with Crippen molar-refractivity contribution in [2.45, 2.75) is 242 Å². The molecule has 2 heterocycles. The summed E-state index contributed by atoms with van der Waals surface area (Å²) in [6.45, 7) is 7.63. The Kier molecular flexibility index (Phi) is 26.8. The fourth-order valence-electron chi connectivity index (χ4n) is 14.2. The number of hydrogen-bond donors (Lipinski definition) is 4. The van der Waals surface area contributed by atoms with Crippen LogP contribution in [0.15, 0.2) is 0 Å². The molecule has 2 saturated heterocycles. The lowest BCUT2D eigenvalue weighted by Crippen LogP contribution is -2.64. The van der Waals surface area contributed by atoms with Crippen LogP contribution in [0.3, 0.4) is 0 Å². The van der Waals surface area contributed by atoms with Crippen LogP contribution >= 0.6 is 11.6 Å². The van der Waals surface area contributed by atoms with Gasteiger partial charge in [-0.25, -0.2) is 0 Å². The number of carbonyl (C=O) groups is 11. The minimum Gasteiger partial charge on any atom is -0.351 e. The molecule has 514 valence electrons. The van der Waals surface area contributed by atoms with Crippen molar-refractivity contribution in [3.8, 4) is 0 Å². The van der Waals surface area contributed by atoms with E-state index in [9.17, 15) is 56.3 Å². The van der Waals surface area contributed by atoms with Crippen LogP contribution in [0.4, 0.5) is 13.2 Å². The van der Waals surface area contributed by atoms with Gasteiger partial charge in [0.2, 0.25) is 65.0 Å². The van der Waals surface area contributed by atoms with E-state index >= 15 is 9.59 Å². The van der Waals surface area contributed by atoms with E-state index in [1.54, 1.807) is 13.8 Å². The van der Waals surface area contributed by atoms with Crippen LogP contribution in [0.25, 0.3) is 0 Å². The predicted octanol–water partition coefficient (Wildman–Crippen LogP) is 5.37. The van der Waals surface area contributed by atoms with Gasteiger partial charge < -0.3 is 55.6 Å². The molecule has 1 spiro atoms. The zero-order valence-electron chi connectivity index (χ0n) is 55.8. The fraction of sp³-hybridized carbons (Fsp3) is 0.831. The molecule has 91 heavy (non-hydrogen) atoms. The van der Waals surface area contributed by atoms with Gasteiger partial charge >= 0.3 is 6.18 Å². The Hall–Kier alpha value is -5.75. The molecule has 0 aromatic heterocycles. The maximum atomic E-state index is 15.1. The number of halogens is 4. The number of nitrogens with one attached hydrogen (secondary N) is 4. The third-order valence-corrected chi connectivity index (χ3v) is 20.9. The highest BCUT2D eigenvalue weighted by atomic mass is 35.5. The van der Waals surface area contributed by atoms with Crippen molar-refractivity contribution in [1.29, 1.82) is 0 Å². The molecule has 6 aliphatic rings. The van der Waals surface area contributed by atoms with Crippen LogP contribution in [-0.2, 0) is 52.7 Å². The molecular weight excluding hydrogens is 1200 g/mol. The third kappa shape index (κ3) is 19.9. The number of nitrogens with zero attached hydrogens (tertiary/aromatic N) is 7. The SMILES string of the molecule is CC[C@H](C)[C@@H]1NC(=O)[C@H](CC(C)C)N(C)C(=O)C[C@@H](C)NC(=O)[C@H](CC2CC2)N(C)C(=O)C2(CCCC2)NC(=O)[C@@H]2CCCN2C(=O)[C@H](CCC2CCC(C(F)(F)F)C(Cl)C2)NC(=O)CN(C)C(=O)[C@H](CC2CCCCC2)N(C)C(=O)CN(C)C(=O)CN(C)C1=O. The molecule has 0 aromatic carbocycles. The highest BCUT2D eigenvalue weighted by Crippen LogP contribution is 2.44. The minimum atomic E-state index is -4.49. The normalized spacial score (nSPS) is 30.4. The summed E-state index contributed by atoms with van der Waals surface area (Å²) in [4.78, 5) is 169. The van der Waals surface area contributed by atoms with Gasteiger partial charge in [-0.1, -0.05) is 91.9 Å². The second kappa shape index (κ2) is 32.9. The van der Waals surface area contributed by atoms with Gasteiger partial charge in [0, 0.05) is 66.7 Å². The molecule has 22 nitrogen and oxygen atoms in total. The van der Waals surface area contributed by atoms with Gasteiger partial charge in [-0.05, 0) is 114 Å². The first-order chi connectivity index (χ1) is 42.8. The third-order valence-electron chi connectivity index (χ3n) is 20.4. The first-order valence-corrected chi connectivity index (χ1v) is 34.0. The van der Waals surface area contributed by atoms with Crippen molar-refractivity contribution in [3.05, 3.63) is 0 Å². The molecule has 4 saturated carbocycles. The number of fused-ring (bicyclic) bond motifs is 1. The Morgan fingerprint density at radius 3 is 1.77 bits per heavy atom. The average molecular weight is 1310 g/mol. The summed E-state index contributed by atoms with van der Waals surface area (Å²) in [6, 6.07) is -7.43. The molecule has 4 N–H and O–H groups in total. The Morgan fingerprint density at radius 2 is 1.16 bits per heavy atom. The van der Waals surface area contributed by atoms with Crippen molar-refractivity contribution in [1.82, 2.24) is 55.6 Å². The van der Waals surface area contributed by atoms with Crippen molar-refractivity contribution < 1.29 is 65.9 Å². The van der Waals surface area contributed by atoms with E-state index < -0.39 is 156 Å². The van der Waals surface area contributed by atoms with Crippen molar-refractivity contribution in [2.75, 3.05) is 68.5 Å². The molecule has 11 amide bonds. The zero-order chi connectivity index (χ0) is 67.4. The van der Waals surface area contributed by atoms with Gasteiger partial charge in [0.15, 0.2) is 0 Å². The molecule has 11 atom stereocenters. The lowest BCUT2D eigenvalue weighted by Gasteiger charge is -2.38. The number of likely N-dealkylation sites (N-methyl/N-ethyl adjacent to an activating group) is 6. The lowest BCUT2D eigenvalue weighted by atomic mass is 9.78. The first kappa shape index (κ1) is 74.3. The molecule has 26 heteroatoms. The first-order valence-electron chi connectivity index (χ1n) is 33.5. The molecule has 0 aromatic rings. The highest BCUT2D eigenvalue weighted by Gasteiger charge is 2.51. The maximum Gasteiger partial charge on any atom is 0.393 e. The van der Waals surface area contributed by atoms with Gasteiger partial charge in [-0.2, -0.15) is 13.2 Å². The van der Waals surface area contributed by atoms with Gasteiger partial charge in [0.05, 0.1) is 25.6 Å². The van der Waals surface area contributed by atoms with E-state index in [-0.39, 0.29) is 101 Å². The summed E-state index contributed by atoms with van der Waals surface area (Å²) in [5.74, 6) is -8.78. The summed E-state index contributed by atoms with van der Waals surface area (Å²) in [7, 11) is 8.69. The van der Waals surface area contributed by atoms with E-state index in [0.29, 0.717) is 32.1 Å². The van der Waals surface area contributed by atoms with Gasteiger partial charge in [0.25, 0.3) is 0 Å². The molecule has 0 radical (unpaired) electrons. The van der Waals surface area contributed by atoms with Crippen LogP contribution in [0.2, 0.25) is 0 Å². The zero-order valence-corrected chi connectivity index (χ0v) is 56.6. The van der Waals surface area contributed by atoms with Crippen LogP contribution in [0.1, 0.15) is 182 Å². The Morgan fingerprint density at radius 1 is 0.582 bits per heavy atom. The van der Waals surface area contributed by atoms with Crippen LogP contribution < -0.4 is 21.3 Å². The smallest absolute Gasteiger partial charge is 0.351 e. The molecule has 6 rings (SSSR count). The summed E-state index contributed by atoms with van der Waals surface area (Å²) in [5, 5.41) is 10.5. The Bertz CT molecular complexity index is 2600. The van der Waals surface area contributed by atoms with E-state index in [4.69, 9.17) is 11.6 Å². The van der Waals surface area contributed by atoms with Gasteiger partial charge in [0.1, 0.15) is 41.8 Å². The minimum absolute atomic E-state index is 0.0184. The number of carbonyl (C=O) groups excluding carboxylic acids is 11. The maximum absolute atomic E-state index is 15.1. The molecule has 2 aliphatic heterocycles. The fourth-order valence-corrected chi connectivity index (χ4v) is 14.7. The van der Waals surface area contributed by atoms with E-state index in [1.807, 2.05) is 20.8 Å². The van der Waals surface area contributed by atoms with Crippen LogP contribution in [0.5, 0.6) is 0 Å². The van der Waals surface area contributed by atoms with Crippen LogP contribution in [-0.4, -0.2) is 227 Å². The molecular formula is C65H105ClF3N11O11. The largest absolute Gasteiger partial charge is 0.393 e. The average Bonchev–Trinajstić information content (AvgIpc) is 1.75. The number of alkyl halides is 4. The van der Waals surface area contributed by atoms with Gasteiger partial charge in [-0.3, -0.25) is 52.7 Å². The monoisotopic (exact) mass is 1310 g/mol.